The molecule has 6 aliphatic rings. The number of aliphatic hydroxyl groups is 6. The lowest BCUT2D eigenvalue weighted by Gasteiger charge is -2.25. The fourth-order valence-corrected chi connectivity index (χ4v) is 12.4. The summed E-state index contributed by atoms with van der Waals surface area (Å²) in [5.41, 5.74) is -8.33. The number of hydrogen-bond acceptors (Lipinski definition) is 22. The summed E-state index contributed by atoms with van der Waals surface area (Å²) in [5.74, 6) is 7.86. The summed E-state index contributed by atoms with van der Waals surface area (Å²) in [6, 6.07) is 0. The number of ether oxygens (including phenoxy) is 6. The topological polar surface area (TPSA) is 454 Å². The molecule has 6 aliphatic heterocycles. The van der Waals surface area contributed by atoms with Crippen LogP contribution in [0.3, 0.4) is 0 Å². The van der Waals surface area contributed by atoms with Crippen LogP contribution < -0.4 is 56.2 Å². The molecule has 32 heteroatoms. The Kier molecular flexibility index (Phi) is 22.9. The fraction of sp³-hybridized carbons (Fsp3) is 0.576. The summed E-state index contributed by atoms with van der Waals surface area (Å²) >= 11 is 0. The first-order chi connectivity index (χ1) is 45.9. The van der Waals surface area contributed by atoms with Crippen molar-refractivity contribution in [3.8, 4) is 49.4 Å². The molecule has 5 aromatic heterocycles. The Bertz CT molecular complexity index is 4150. The zero-order chi connectivity index (χ0) is 73.4. The van der Waals surface area contributed by atoms with Crippen LogP contribution in [0.25, 0.3) is 0 Å². The van der Waals surface area contributed by atoms with Crippen LogP contribution in [0.15, 0.2) is 78.9 Å². The SMILES string of the molecule is C#CC1(CO)OC(n2cc(C)c(=O)[nH]c2=O)C(C)C1C.C#CC1(CO)OC(n2cc(C)c(=O)[nH]c2=O)C(C)C1C.C#CC1(CO)OC(n2cc(C)c(=O)[nH]c2=O)C(C)C1O.C#CC1(CO)OC(n2cc(C)c(=O)[nH]c2=O)C(C)C1O.Cc1cn(C2OC3(CO3)C(C)C2C)c(=O)[nH]c1=O. The standard InChI is InChI=1S/2C14H18N2O4.2C13H16N2O5.C12H16N2O4/c2*1-5-14(7-17)10(4)9(3)12(20-14)16-6-8(2)11(18)15-13(16)19;2*1-4-13(6-16)9(17)8(3)11(20-13)15-5-7(2)10(18)14-12(15)19;1-6-4-14(11(16)13-9(6)15)10-7(2)8(3)12(18-10)5-17-12/h2*1,6,9-10,12,17H,7H2,2-4H3,(H,15,18,19);2*1,5,8-9,11,16-17H,6H2,2-3H3,(H,14,18,19);4,7-8,10H,5H2,1-3H3,(H,13,15,16). The van der Waals surface area contributed by atoms with Crippen molar-refractivity contribution in [2.24, 2.45) is 47.3 Å². The molecule has 20 unspecified atom stereocenters. The first-order valence-electron chi connectivity index (χ1n) is 31.2. The zero-order valence-corrected chi connectivity index (χ0v) is 56.3. The van der Waals surface area contributed by atoms with Crippen LogP contribution in [0, 0.1) is 131 Å². The maximum atomic E-state index is 11.9. The van der Waals surface area contributed by atoms with E-state index in [1.165, 1.54) is 47.6 Å². The van der Waals surface area contributed by atoms with Crippen molar-refractivity contribution in [2.75, 3.05) is 33.0 Å². The first kappa shape index (κ1) is 76.5. The third kappa shape index (κ3) is 14.0. The molecule has 0 bridgehead atoms. The third-order valence-corrected chi connectivity index (χ3v) is 19.8. The molecule has 0 aromatic carbocycles. The van der Waals surface area contributed by atoms with Crippen molar-refractivity contribution in [2.45, 2.75) is 162 Å². The Morgan fingerprint density at radius 2 is 0.582 bits per heavy atom. The average molecular weight is 1370 g/mol. The predicted molar refractivity (Wildman–Crippen MR) is 350 cm³/mol. The number of epoxide rings is 1. The summed E-state index contributed by atoms with van der Waals surface area (Å²) in [7, 11) is 0. The van der Waals surface area contributed by atoms with Crippen molar-refractivity contribution in [3.63, 3.8) is 0 Å². The van der Waals surface area contributed by atoms with Crippen molar-refractivity contribution in [3.05, 3.63) is 163 Å². The molecule has 32 nitrogen and oxygen atoms in total. The molecule has 530 valence electrons. The number of nitrogens with one attached hydrogen (secondary N) is 5. The van der Waals surface area contributed by atoms with Gasteiger partial charge in [-0.2, -0.15) is 0 Å². The van der Waals surface area contributed by atoms with E-state index in [1.807, 2.05) is 34.6 Å². The van der Waals surface area contributed by atoms with Crippen LogP contribution in [0.4, 0.5) is 0 Å². The van der Waals surface area contributed by atoms with Gasteiger partial charge in [0.25, 0.3) is 27.8 Å². The molecule has 11 heterocycles. The summed E-state index contributed by atoms with van der Waals surface area (Å²) in [6.07, 6.45) is 23.2. The maximum Gasteiger partial charge on any atom is 0.330 e. The number of terminal acetylenes is 4. The van der Waals surface area contributed by atoms with Crippen LogP contribution >= 0.6 is 0 Å². The van der Waals surface area contributed by atoms with E-state index in [0.717, 1.165) is 0 Å². The van der Waals surface area contributed by atoms with Crippen LogP contribution in [0.1, 0.15) is 114 Å². The zero-order valence-electron chi connectivity index (χ0n) is 56.3. The normalized spacial score (nSPS) is 34.0. The third-order valence-electron chi connectivity index (χ3n) is 19.8. The molecule has 11 rings (SSSR count). The number of aromatic amines is 5. The number of H-pyrrole nitrogens is 5. The minimum atomic E-state index is -1.55. The molecule has 5 aromatic rings. The highest BCUT2D eigenvalue weighted by Crippen LogP contribution is 2.53. The molecule has 0 saturated carbocycles. The smallest absolute Gasteiger partial charge is 0.330 e. The van der Waals surface area contributed by atoms with E-state index < -0.39 is 141 Å². The Balaban J connectivity index is 0.000000172. The van der Waals surface area contributed by atoms with E-state index in [1.54, 1.807) is 54.7 Å². The molecule has 20 atom stereocenters. The average Bonchev–Trinajstić information content (AvgIpc) is 1.49. The fourth-order valence-electron chi connectivity index (χ4n) is 12.4. The van der Waals surface area contributed by atoms with Crippen molar-refractivity contribution >= 4 is 0 Å². The molecule has 0 aliphatic carbocycles. The maximum absolute atomic E-state index is 11.9. The van der Waals surface area contributed by atoms with Gasteiger partial charge in [-0.1, -0.05) is 79.1 Å². The molecule has 11 N–H and O–H groups in total. The number of aryl methyl sites for hydroxylation is 5. The lowest BCUT2D eigenvalue weighted by molar-refractivity contribution is -0.0919. The summed E-state index contributed by atoms with van der Waals surface area (Å²) in [6.45, 7) is 21.7. The molecular weight excluding hydrogens is 1280 g/mol. The van der Waals surface area contributed by atoms with Gasteiger partial charge in [0.15, 0.2) is 28.2 Å². The summed E-state index contributed by atoms with van der Waals surface area (Å²) in [5, 5.41) is 58.1. The number of aromatic nitrogens is 10. The highest BCUT2D eigenvalue weighted by molar-refractivity contribution is 5.21. The molecule has 0 amide bonds. The monoisotopic (exact) mass is 1370 g/mol. The van der Waals surface area contributed by atoms with Crippen LogP contribution in [-0.2, 0) is 28.4 Å². The largest absolute Gasteiger partial charge is 0.392 e. The summed E-state index contributed by atoms with van der Waals surface area (Å²) < 4.78 is 40.3. The number of aliphatic hydroxyl groups excluding tert-OH is 6. The lowest BCUT2D eigenvalue weighted by atomic mass is 9.83. The van der Waals surface area contributed by atoms with Crippen LogP contribution in [0.2, 0.25) is 0 Å². The van der Waals surface area contributed by atoms with E-state index in [9.17, 15) is 78.6 Å². The van der Waals surface area contributed by atoms with Gasteiger partial charge in [0, 0.05) is 106 Å². The van der Waals surface area contributed by atoms with Gasteiger partial charge in [0.05, 0.1) is 26.4 Å². The second-order valence-corrected chi connectivity index (χ2v) is 25.9. The van der Waals surface area contributed by atoms with E-state index >= 15 is 0 Å². The van der Waals surface area contributed by atoms with E-state index in [2.05, 4.69) is 55.5 Å². The van der Waals surface area contributed by atoms with Gasteiger partial charge in [-0.15, -0.1) is 25.7 Å². The molecule has 98 heavy (non-hydrogen) atoms. The number of nitrogens with zero attached hydrogens (tertiary/aromatic N) is 5. The minimum absolute atomic E-state index is 0.0822. The van der Waals surface area contributed by atoms with Gasteiger partial charge >= 0.3 is 28.4 Å². The molecular formula is C66H84N10O22. The van der Waals surface area contributed by atoms with Gasteiger partial charge < -0.3 is 59.1 Å². The first-order valence-corrected chi connectivity index (χ1v) is 31.2. The van der Waals surface area contributed by atoms with Gasteiger partial charge in [0.2, 0.25) is 0 Å². The molecule has 1 spiro atoms. The minimum Gasteiger partial charge on any atom is -0.392 e. The second kappa shape index (κ2) is 29.3. The van der Waals surface area contributed by atoms with E-state index in [-0.39, 0.29) is 60.5 Å². The van der Waals surface area contributed by atoms with Gasteiger partial charge in [-0.25, -0.2) is 24.0 Å². The Labute approximate surface area is 559 Å². The summed E-state index contributed by atoms with van der Waals surface area (Å²) in [4.78, 5) is 127. The van der Waals surface area contributed by atoms with Gasteiger partial charge in [0.1, 0.15) is 50.0 Å². The van der Waals surface area contributed by atoms with Crippen molar-refractivity contribution in [1.82, 2.24) is 47.8 Å². The Hall–Kier alpha value is -8.84. The highest BCUT2D eigenvalue weighted by atomic mass is 16.8. The van der Waals surface area contributed by atoms with Crippen LogP contribution in [-0.4, -0.2) is 152 Å². The van der Waals surface area contributed by atoms with Crippen LogP contribution in [0.5, 0.6) is 0 Å². The lowest BCUT2D eigenvalue weighted by Crippen LogP contribution is -2.43. The predicted octanol–water partition coefficient (Wildman–Crippen LogP) is -2.14. The molecule has 6 fully saturated rings. The molecule has 6 saturated heterocycles. The highest BCUT2D eigenvalue weighted by Gasteiger charge is 2.62. The van der Waals surface area contributed by atoms with Crippen molar-refractivity contribution in [1.29, 1.82) is 0 Å². The number of hydrogen-bond donors (Lipinski definition) is 11. The van der Waals surface area contributed by atoms with E-state index in [4.69, 9.17) is 54.1 Å². The number of rotatable bonds is 9. The van der Waals surface area contributed by atoms with Gasteiger partial charge in [-0.3, -0.25) is 71.7 Å². The van der Waals surface area contributed by atoms with Gasteiger partial charge in [-0.05, 0) is 34.6 Å². The Morgan fingerprint density at radius 3 is 0.765 bits per heavy atom. The second-order valence-electron chi connectivity index (χ2n) is 25.9. The quantitative estimate of drug-likeness (QED) is 0.0554. The van der Waals surface area contributed by atoms with E-state index in [0.29, 0.717) is 34.4 Å². The van der Waals surface area contributed by atoms with Crippen molar-refractivity contribution < 1.29 is 59.1 Å². The Morgan fingerprint density at radius 1 is 0.378 bits per heavy atom. The molecule has 0 radical (unpaired) electrons.